The van der Waals surface area contributed by atoms with E-state index in [-0.39, 0.29) is 0 Å². The maximum absolute atomic E-state index is 6.52. The van der Waals surface area contributed by atoms with E-state index in [1.165, 1.54) is 54.5 Å². The van der Waals surface area contributed by atoms with E-state index >= 15 is 0 Å². The molecule has 0 saturated carbocycles. The van der Waals surface area contributed by atoms with Gasteiger partial charge in [-0.2, -0.15) is 0 Å². The normalized spacial score (nSPS) is 11.7. The summed E-state index contributed by atoms with van der Waals surface area (Å²) in [4.78, 5) is 2.44. The second-order valence-electron chi connectivity index (χ2n) is 15.3. The zero-order valence-corrected chi connectivity index (χ0v) is 32.1. The Kier molecular flexibility index (Phi) is 7.54. The van der Waals surface area contributed by atoms with Crippen molar-refractivity contribution >= 4 is 82.4 Å². The lowest BCUT2D eigenvalue weighted by atomic mass is 9.91. The molecule has 3 nitrogen and oxygen atoms in total. The first-order chi connectivity index (χ1) is 29.3. The molecule has 2 heterocycles. The maximum Gasteiger partial charge on any atom is 0.137 e. The summed E-state index contributed by atoms with van der Waals surface area (Å²) >= 11 is 0. The number of hydrogen-bond acceptors (Lipinski definition) is 2. The predicted molar refractivity (Wildman–Crippen MR) is 249 cm³/mol. The van der Waals surface area contributed by atoms with Crippen LogP contribution in [0.2, 0.25) is 0 Å². The van der Waals surface area contributed by atoms with Crippen LogP contribution in [-0.4, -0.2) is 4.57 Å². The van der Waals surface area contributed by atoms with Gasteiger partial charge in [-0.25, -0.2) is 0 Å². The third-order valence-corrected chi connectivity index (χ3v) is 11.9. The van der Waals surface area contributed by atoms with Crippen LogP contribution in [0.1, 0.15) is 0 Å². The van der Waals surface area contributed by atoms with Gasteiger partial charge in [0.2, 0.25) is 0 Å². The molecule has 0 unspecified atom stereocenters. The summed E-state index contributed by atoms with van der Waals surface area (Å²) in [6, 6.07) is 78.8. The van der Waals surface area contributed by atoms with Gasteiger partial charge in [-0.05, 0) is 104 Å². The van der Waals surface area contributed by atoms with Gasteiger partial charge in [0, 0.05) is 27.5 Å². The Labute approximate surface area is 341 Å². The highest BCUT2D eigenvalue weighted by atomic mass is 16.3. The van der Waals surface area contributed by atoms with Crippen LogP contribution in [0.4, 0.5) is 17.1 Å². The Morgan fingerprint density at radius 1 is 0.373 bits per heavy atom. The molecule has 276 valence electrons. The summed E-state index contributed by atoms with van der Waals surface area (Å²) < 4.78 is 8.97. The Morgan fingerprint density at radius 3 is 1.73 bits per heavy atom. The van der Waals surface area contributed by atoms with E-state index in [9.17, 15) is 0 Å². The van der Waals surface area contributed by atoms with Crippen LogP contribution in [0, 0.1) is 0 Å². The molecule has 3 heteroatoms. The predicted octanol–water partition coefficient (Wildman–Crippen LogP) is 15.8. The second-order valence-corrected chi connectivity index (χ2v) is 15.3. The minimum absolute atomic E-state index is 0.858. The van der Waals surface area contributed by atoms with Crippen molar-refractivity contribution in [3.8, 4) is 27.9 Å². The smallest absolute Gasteiger partial charge is 0.137 e. The topological polar surface area (TPSA) is 21.3 Å². The Morgan fingerprint density at radius 2 is 0.949 bits per heavy atom. The third kappa shape index (κ3) is 5.29. The molecule has 0 aliphatic heterocycles. The van der Waals surface area contributed by atoms with E-state index in [1.807, 2.05) is 6.07 Å². The zero-order chi connectivity index (χ0) is 38.9. The molecule has 0 amide bonds. The molecular weight excluding hydrogens is 717 g/mol. The largest absolute Gasteiger partial charge is 0.456 e. The quantitative estimate of drug-likeness (QED) is 0.169. The molecule has 0 atom stereocenters. The third-order valence-electron chi connectivity index (χ3n) is 11.9. The van der Waals surface area contributed by atoms with Crippen LogP contribution >= 0.6 is 0 Å². The molecule has 0 aliphatic rings. The summed E-state index contributed by atoms with van der Waals surface area (Å²) in [5.74, 6) is 0. The molecule has 0 saturated heterocycles. The molecule has 2 aromatic heterocycles. The highest BCUT2D eigenvalue weighted by Crippen LogP contribution is 2.48. The van der Waals surface area contributed by atoms with Crippen molar-refractivity contribution in [1.82, 2.24) is 4.57 Å². The first-order valence-corrected chi connectivity index (χ1v) is 20.2. The van der Waals surface area contributed by atoms with Crippen LogP contribution in [0.15, 0.2) is 223 Å². The van der Waals surface area contributed by atoms with Gasteiger partial charge in [0.05, 0.1) is 27.8 Å². The first kappa shape index (κ1) is 33.3. The van der Waals surface area contributed by atoms with E-state index in [1.54, 1.807) is 0 Å². The van der Waals surface area contributed by atoms with E-state index in [4.69, 9.17) is 4.42 Å². The van der Waals surface area contributed by atoms with E-state index < -0.39 is 0 Å². The van der Waals surface area contributed by atoms with Crippen molar-refractivity contribution in [2.45, 2.75) is 0 Å². The minimum Gasteiger partial charge on any atom is -0.456 e. The van der Waals surface area contributed by atoms with Gasteiger partial charge in [-0.3, -0.25) is 0 Å². The standard InChI is InChI=1S/C56H36N2O/c1-3-15-37(16-4-1)44-24-11-19-39-20-12-25-45(54(39)44)38-31-33-43(34-32-38)57(49-27-14-30-53-55(49)47-23-9-10-29-52(47)59-53)50-28-13-26-46-48-35-40-17-7-8-18-41(40)36-51(48)58(56(46)50)42-21-5-2-6-22-42/h1-36H. The number of anilines is 3. The van der Waals surface area contributed by atoms with Gasteiger partial charge < -0.3 is 13.9 Å². The highest BCUT2D eigenvalue weighted by Gasteiger charge is 2.25. The van der Waals surface area contributed by atoms with Gasteiger partial charge in [-0.1, -0.05) is 158 Å². The molecule has 0 bridgehead atoms. The molecule has 10 aromatic carbocycles. The van der Waals surface area contributed by atoms with Crippen molar-refractivity contribution in [3.05, 3.63) is 218 Å². The van der Waals surface area contributed by atoms with Gasteiger partial charge in [0.1, 0.15) is 11.2 Å². The van der Waals surface area contributed by atoms with Crippen LogP contribution in [-0.2, 0) is 0 Å². The lowest BCUT2D eigenvalue weighted by molar-refractivity contribution is 0.669. The summed E-state index contributed by atoms with van der Waals surface area (Å²) in [6.07, 6.45) is 0. The summed E-state index contributed by atoms with van der Waals surface area (Å²) in [5, 5.41) is 9.51. The van der Waals surface area contributed by atoms with E-state index in [2.05, 4.69) is 222 Å². The first-order valence-electron chi connectivity index (χ1n) is 20.2. The number of para-hydroxylation sites is 3. The fourth-order valence-electron chi connectivity index (χ4n) is 9.34. The number of nitrogens with zero attached hydrogens (tertiary/aromatic N) is 2. The van der Waals surface area contributed by atoms with E-state index in [0.29, 0.717) is 0 Å². The van der Waals surface area contributed by atoms with E-state index in [0.717, 1.165) is 55.8 Å². The molecular formula is C56H36N2O. The molecule has 0 aliphatic carbocycles. The number of furan rings is 1. The molecule has 0 radical (unpaired) electrons. The molecule has 12 rings (SSSR count). The molecule has 0 fully saturated rings. The summed E-state index contributed by atoms with van der Waals surface area (Å²) in [6.45, 7) is 0. The Hall–Kier alpha value is -7.88. The van der Waals surface area contributed by atoms with Gasteiger partial charge >= 0.3 is 0 Å². The monoisotopic (exact) mass is 752 g/mol. The lowest BCUT2D eigenvalue weighted by Crippen LogP contribution is -2.12. The lowest BCUT2D eigenvalue weighted by Gasteiger charge is -2.28. The maximum atomic E-state index is 6.52. The molecule has 59 heavy (non-hydrogen) atoms. The van der Waals surface area contributed by atoms with Crippen molar-refractivity contribution in [2.24, 2.45) is 0 Å². The van der Waals surface area contributed by atoms with Crippen LogP contribution in [0.3, 0.4) is 0 Å². The SMILES string of the molecule is c1ccc(-c2cccc3cccc(-c4ccc(N(c5cccc6oc7ccccc7c56)c5cccc6c7cc8ccccc8cc7n(-c7ccccc7)c56)cc4)c23)cc1. The van der Waals surface area contributed by atoms with Crippen LogP contribution in [0.5, 0.6) is 0 Å². The van der Waals surface area contributed by atoms with Crippen LogP contribution < -0.4 is 4.90 Å². The number of aromatic nitrogens is 1. The number of hydrogen-bond donors (Lipinski definition) is 0. The van der Waals surface area contributed by atoms with Crippen molar-refractivity contribution in [3.63, 3.8) is 0 Å². The molecule has 0 N–H and O–H groups in total. The van der Waals surface area contributed by atoms with Gasteiger partial charge in [0.25, 0.3) is 0 Å². The van der Waals surface area contributed by atoms with Gasteiger partial charge in [-0.15, -0.1) is 0 Å². The number of benzene rings is 10. The molecule has 0 spiro atoms. The summed E-state index contributed by atoms with van der Waals surface area (Å²) in [5.41, 5.74) is 13.2. The number of fused-ring (bicyclic) bond motifs is 8. The Balaban J connectivity index is 1.14. The molecule has 12 aromatic rings. The fraction of sp³-hybridized carbons (Fsp3) is 0. The Bertz CT molecular complexity index is 3540. The average molecular weight is 753 g/mol. The zero-order valence-electron chi connectivity index (χ0n) is 32.1. The van der Waals surface area contributed by atoms with Crippen molar-refractivity contribution in [2.75, 3.05) is 4.90 Å². The van der Waals surface area contributed by atoms with Gasteiger partial charge in [0.15, 0.2) is 0 Å². The highest BCUT2D eigenvalue weighted by molar-refractivity contribution is 6.19. The second kappa shape index (κ2) is 13.4. The van der Waals surface area contributed by atoms with Crippen molar-refractivity contribution in [1.29, 1.82) is 0 Å². The number of rotatable bonds is 6. The summed E-state index contributed by atoms with van der Waals surface area (Å²) in [7, 11) is 0. The minimum atomic E-state index is 0.858. The fourth-order valence-corrected chi connectivity index (χ4v) is 9.34. The average Bonchev–Trinajstić information content (AvgIpc) is 3.85. The van der Waals surface area contributed by atoms with Crippen molar-refractivity contribution < 1.29 is 4.42 Å². The van der Waals surface area contributed by atoms with Crippen LogP contribution in [0.25, 0.3) is 93.2 Å².